The number of nitrogens with zero attached hydrogens (tertiary/aromatic N) is 3. The lowest BCUT2D eigenvalue weighted by molar-refractivity contribution is 0.0954. The summed E-state index contributed by atoms with van der Waals surface area (Å²) in [5.74, 6) is 2.69. The summed E-state index contributed by atoms with van der Waals surface area (Å²) in [4.78, 5) is 23.1. The maximum Gasteiger partial charge on any atom is 0.251 e. The molecule has 174 valence electrons. The van der Waals surface area contributed by atoms with Crippen LogP contribution in [0.25, 0.3) is 0 Å². The zero-order chi connectivity index (χ0) is 23.8. The number of carbonyl (C=O) groups excluding carboxylic acids is 1. The lowest BCUT2D eigenvalue weighted by Gasteiger charge is -2.12. The summed E-state index contributed by atoms with van der Waals surface area (Å²) < 4.78 is 10.6. The molecular formula is C24H27ClN4O3S. The second kappa shape index (κ2) is 11.8. The van der Waals surface area contributed by atoms with Crippen molar-refractivity contribution in [2.45, 2.75) is 17.3 Å². The molecule has 0 aliphatic heterocycles. The number of halogens is 1. The molecule has 0 spiro atoms. The molecule has 7 nitrogen and oxygen atoms in total. The number of carbonyl (C=O) groups is 1. The average molecular weight is 487 g/mol. The van der Waals surface area contributed by atoms with E-state index in [0.29, 0.717) is 46.1 Å². The van der Waals surface area contributed by atoms with E-state index < -0.39 is 0 Å². The molecule has 0 unspecified atom stereocenters. The SMILES string of the molecule is COc1ccc(CCNC(=O)c2ccc(CSc3nc(Cl)cc(N(C)C)n3)cc2)cc1OC. The van der Waals surface area contributed by atoms with Gasteiger partial charge in [-0.25, -0.2) is 9.97 Å². The Balaban J connectivity index is 1.51. The number of thioether (sulfide) groups is 1. The predicted molar refractivity (Wildman–Crippen MR) is 133 cm³/mol. The minimum atomic E-state index is -0.108. The second-order valence-electron chi connectivity index (χ2n) is 7.41. The van der Waals surface area contributed by atoms with E-state index in [1.165, 1.54) is 11.8 Å². The summed E-state index contributed by atoms with van der Waals surface area (Å²) in [7, 11) is 7.03. The van der Waals surface area contributed by atoms with Gasteiger partial charge in [-0.15, -0.1) is 0 Å². The molecule has 0 saturated heterocycles. The number of anilines is 1. The molecular weight excluding hydrogens is 460 g/mol. The Morgan fingerprint density at radius 1 is 1.00 bits per heavy atom. The van der Waals surface area contributed by atoms with Gasteiger partial charge < -0.3 is 19.7 Å². The number of hydrogen-bond acceptors (Lipinski definition) is 7. The summed E-state index contributed by atoms with van der Waals surface area (Å²) in [6.45, 7) is 0.520. The standard InChI is InChI=1S/C24H27ClN4O3S/c1-29(2)22-14-21(25)27-24(28-22)33-15-17-5-8-18(9-6-17)23(30)26-12-11-16-7-10-19(31-3)20(13-16)32-4/h5-10,13-14H,11-12,15H2,1-4H3,(H,26,30). The van der Waals surface area contributed by atoms with Crippen molar-refractivity contribution in [1.29, 1.82) is 0 Å². The van der Waals surface area contributed by atoms with Crippen molar-refractivity contribution in [3.05, 3.63) is 70.4 Å². The lowest BCUT2D eigenvalue weighted by Crippen LogP contribution is -2.25. The Hall–Kier alpha value is -2.97. The topological polar surface area (TPSA) is 76.6 Å². The van der Waals surface area contributed by atoms with Gasteiger partial charge in [0.05, 0.1) is 14.2 Å². The highest BCUT2D eigenvalue weighted by Crippen LogP contribution is 2.27. The summed E-state index contributed by atoms with van der Waals surface area (Å²) >= 11 is 7.59. The van der Waals surface area contributed by atoms with Crippen molar-refractivity contribution in [3.8, 4) is 11.5 Å². The second-order valence-corrected chi connectivity index (χ2v) is 8.74. The molecule has 33 heavy (non-hydrogen) atoms. The number of aromatic nitrogens is 2. The van der Waals surface area contributed by atoms with Crippen LogP contribution in [0.4, 0.5) is 5.82 Å². The van der Waals surface area contributed by atoms with Gasteiger partial charge in [0.1, 0.15) is 11.0 Å². The first kappa shape index (κ1) is 24.7. The quantitative estimate of drug-likeness (QED) is 0.257. The van der Waals surface area contributed by atoms with Gasteiger partial charge in [-0.2, -0.15) is 0 Å². The molecule has 0 aliphatic rings. The first-order valence-electron chi connectivity index (χ1n) is 10.3. The molecule has 0 saturated carbocycles. The van der Waals surface area contributed by atoms with Crippen molar-refractivity contribution in [2.24, 2.45) is 0 Å². The van der Waals surface area contributed by atoms with E-state index in [0.717, 1.165) is 16.9 Å². The highest BCUT2D eigenvalue weighted by atomic mass is 35.5. The monoisotopic (exact) mass is 486 g/mol. The highest BCUT2D eigenvalue weighted by Gasteiger charge is 2.09. The van der Waals surface area contributed by atoms with Crippen LogP contribution in [-0.2, 0) is 12.2 Å². The molecule has 0 radical (unpaired) electrons. The number of benzene rings is 2. The van der Waals surface area contributed by atoms with Crippen LogP contribution in [0.15, 0.2) is 53.7 Å². The predicted octanol–water partition coefficient (Wildman–Crippen LogP) is 4.48. The number of rotatable bonds is 10. The Bertz CT molecular complexity index is 1090. The molecule has 3 rings (SSSR count). The van der Waals surface area contributed by atoms with Crippen LogP contribution in [0.2, 0.25) is 5.15 Å². The van der Waals surface area contributed by atoms with E-state index in [4.69, 9.17) is 21.1 Å². The van der Waals surface area contributed by atoms with E-state index in [9.17, 15) is 4.79 Å². The number of amides is 1. The maximum atomic E-state index is 12.5. The van der Waals surface area contributed by atoms with Crippen molar-refractivity contribution in [1.82, 2.24) is 15.3 Å². The zero-order valence-corrected chi connectivity index (χ0v) is 20.7. The van der Waals surface area contributed by atoms with E-state index in [1.54, 1.807) is 20.3 Å². The molecule has 1 heterocycles. The number of methoxy groups -OCH3 is 2. The van der Waals surface area contributed by atoms with Gasteiger partial charge in [-0.3, -0.25) is 4.79 Å². The minimum Gasteiger partial charge on any atom is -0.493 e. The molecule has 0 bridgehead atoms. The van der Waals surface area contributed by atoms with Gasteiger partial charge >= 0.3 is 0 Å². The molecule has 1 aromatic heterocycles. The summed E-state index contributed by atoms with van der Waals surface area (Å²) in [6.07, 6.45) is 0.690. The molecule has 1 N–H and O–H groups in total. The molecule has 0 atom stereocenters. The van der Waals surface area contributed by atoms with Crippen molar-refractivity contribution >= 4 is 35.1 Å². The largest absolute Gasteiger partial charge is 0.493 e. The first-order valence-corrected chi connectivity index (χ1v) is 11.7. The van der Waals surface area contributed by atoms with Crippen LogP contribution >= 0.6 is 23.4 Å². The van der Waals surface area contributed by atoms with Crippen molar-refractivity contribution < 1.29 is 14.3 Å². The van der Waals surface area contributed by atoms with Gasteiger partial charge in [-0.1, -0.05) is 41.6 Å². The van der Waals surface area contributed by atoms with Crippen molar-refractivity contribution in [2.75, 3.05) is 39.8 Å². The smallest absolute Gasteiger partial charge is 0.251 e. The molecule has 9 heteroatoms. The van der Waals surface area contributed by atoms with E-state index in [-0.39, 0.29) is 5.91 Å². The van der Waals surface area contributed by atoms with Gasteiger partial charge in [0.25, 0.3) is 5.91 Å². The Labute approximate surface area is 203 Å². The molecule has 1 amide bonds. The summed E-state index contributed by atoms with van der Waals surface area (Å²) in [5, 5.41) is 3.99. The van der Waals surface area contributed by atoms with E-state index >= 15 is 0 Å². The van der Waals surface area contributed by atoms with Crippen LogP contribution < -0.4 is 19.7 Å². The molecule has 0 aliphatic carbocycles. The molecule has 0 fully saturated rings. The Morgan fingerprint density at radius 3 is 2.36 bits per heavy atom. The number of hydrogen-bond donors (Lipinski definition) is 1. The number of nitrogens with one attached hydrogen (secondary N) is 1. The van der Waals surface area contributed by atoms with Gasteiger partial charge in [0.2, 0.25) is 0 Å². The fourth-order valence-electron chi connectivity index (χ4n) is 3.04. The van der Waals surface area contributed by atoms with Crippen molar-refractivity contribution in [3.63, 3.8) is 0 Å². The normalized spacial score (nSPS) is 10.6. The summed E-state index contributed by atoms with van der Waals surface area (Å²) in [6, 6.07) is 15.0. The highest BCUT2D eigenvalue weighted by molar-refractivity contribution is 7.98. The third kappa shape index (κ3) is 7.00. The first-order chi connectivity index (χ1) is 15.9. The zero-order valence-electron chi connectivity index (χ0n) is 19.1. The Morgan fingerprint density at radius 2 is 1.70 bits per heavy atom. The van der Waals surface area contributed by atoms with E-state index in [1.807, 2.05) is 61.5 Å². The maximum absolute atomic E-state index is 12.5. The fourth-order valence-corrected chi connectivity index (χ4v) is 4.07. The van der Waals surface area contributed by atoms with E-state index in [2.05, 4.69) is 15.3 Å². The van der Waals surface area contributed by atoms with Crippen LogP contribution in [0.1, 0.15) is 21.5 Å². The molecule has 2 aromatic carbocycles. The Kier molecular flexibility index (Phi) is 8.79. The van der Waals surface area contributed by atoms with Crippen LogP contribution in [-0.4, -0.2) is 50.7 Å². The summed E-state index contributed by atoms with van der Waals surface area (Å²) in [5.41, 5.74) is 2.74. The minimum absolute atomic E-state index is 0.108. The van der Waals surface area contributed by atoms with Gasteiger partial charge in [-0.05, 0) is 41.8 Å². The third-order valence-corrected chi connectivity index (χ3v) is 5.96. The fraction of sp³-hybridized carbons (Fsp3) is 0.292. The number of ether oxygens (including phenoxy) is 2. The molecule has 3 aromatic rings. The van der Waals surface area contributed by atoms with Crippen LogP contribution in [0.5, 0.6) is 11.5 Å². The van der Waals surface area contributed by atoms with Gasteiger partial charge in [0, 0.05) is 38.0 Å². The lowest BCUT2D eigenvalue weighted by atomic mass is 10.1. The van der Waals surface area contributed by atoms with Gasteiger partial charge in [0.15, 0.2) is 16.7 Å². The average Bonchev–Trinajstić information content (AvgIpc) is 2.82. The van der Waals surface area contributed by atoms with Crippen LogP contribution in [0, 0.1) is 0 Å². The van der Waals surface area contributed by atoms with Crippen LogP contribution in [0.3, 0.4) is 0 Å². The third-order valence-electron chi connectivity index (χ3n) is 4.85.